The van der Waals surface area contributed by atoms with Gasteiger partial charge >= 0.3 is 11.9 Å². The van der Waals surface area contributed by atoms with Gasteiger partial charge in [0.05, 0.1) is 11.3 Å². The molecule has 4 N–H and O–H groups in total. The fourth-order valence-electron chi connectivity index (χ4n) is 3.32. The second-order valence-corrected chi connectivity index (χ2v) is 9.08. The summed E-state index contributed by atoms with van der Waals surface area (Å²) in [6.07, 6.45) is 0.762. The van der Waals surface area contributed by atoms with Crippen molar-refractivity contribution in [1.29, 1.82) is 0 Å². The van der Waals surface area contributed by atoms with Gasteiger partial charge < -0.3 is 15.9 Å². The molecule has 1 amide bonds. The van der Waals surface area contributed by atoms with Crippen LogP contribution in [0, 0.1) is 11.3 Å². The number of hydrogen-bond acceptors (Lipinski definition) is 6. The second kappa shape index (κ2) is 8.02. The van der Waals surface area contributed by atoms with E-state index in [0.717, 1.165) is 5.57 Å². The van der Waals surface area contributed by atoms with E-state index in [1.54, 1.807) is 0 Å². The van der Waals surface area contributed by atoms with Crippen LogP contribution < -0.4 is 5.73 Å². The number of thioether (sulfide) groups is 1. The highest BCUT2D eigenvalue weighted by Crippen LogP contribution is 2.48. The Balaban J connectivity index is 2.00. The molecule has 150 valence electrons. The zero-order valence-electron chi connectivity index (χ0n) is 15.7. The lowest BCUT2D eigenvalue weighted by Gasteiger charge is -2.51. The molecule has 8 nitrogen and oxygen atoms in total. The molecule has 0 spiro atoms. The van der Waals surface area contributed by atoms with Gasteiger partial charge in [-0.1, -0.05) is 20.8 Å². The molecule has 27 heavy (non-hydrogen) atoms. The molecule has 2 rings (SSSR count). The Hall–Kier alpha value is -1.87. The smallest absolute Gasteiger partial charge is 0.352 e. The molecule has 3 atom stereocenters. The van der Waals surface area contributed by atoms with Crippen molar-refractivity contribution in [3.8, 4) is 0 Å². The molecule has 1 fully saturated rings. The summed E-state index contributed by atoms with van der Waals surface area (Å²) < 4.78 is 0. The van der Waals surface area contributed by atoms with Crippen LogP contribution in [-0.4, -0.2) is 55.9 Å². The maximum Gasteiger partial charge on any atom is 0.352 e. The number of hydrogen-bond donors (Lipinski definition) is 3. The number of carbonyl (C=O) groups excluding carboxylic acids is 2. The lowest BCUT2D eigenvalue weighted by atomic mass is 9.83. The van der Waals surface area contributed by atoms with Crippen molar-refractivity contribution in [3.63, 3.8) is 0 Å². The Kier molecular flexibility index (Phi) is 6.36. The maximum absolute atomic E-state index is 12.6. The molecule has 0 aromatic rings. The van der Waals surface area contributed by atoms with E-state index in [9.17, 15) is 24.3 Å². The molecule has 0 aromatic carbocycles. The molecule has 2 aliphatic heterocycles. The van der Waals surface area contributed by atoms with Crippen molar-refractivity contribution in [2.75, 3.05) is 5.75 Å². The monoisotopic (exact) mass is 398 g/mol. The van der Waals surface area contributed by atoms with Gasteiger partial charge in [-0.3, -0.25) is 19.3 Å². The summed E-state index contributed by atoms with van der Waals surface area (Å²) >= 11 is 1.49. The number of Topliss-reactive ketones (excluding diaryl/α,β-unsaturated/α-hetero) is 1. The van der Waals surface area contributed by atoms with Crippen LogP contribution in [0.1, 0.15) is 46.5 Å². The molecule has 0 aromatic heterocycles. The Morgan fingerprint density at radius 2 is 1.93 bits per heavy atom. The molecule has 1 saturated heterocycles. The molecule has 9 heteroatoms. The van der Waals surface area contributed by atoms with Crippen LogP contribution in [-0.2, 0) is 19.2 Å². The molecule has 0 aliphatic carbocycles. The lowest BCUT2D eigenvalue weighted by molar-refractivity contribution is -0.154. The molecule has 2 aliphatic rings. The number of carbonyl (C=O) groups is 4. The quantitative estimate of drug-likeness (QED) is 0.522. The van der Waals surface area contributed by atoms with E-state index in [2.05, 4.69) is 0 Å². The van der Waals surface area contributed by atoms with E-state index in [0.29, 0.717) is 12.2 Å². The minimum atomic E-state index is -1.12. The summed E-state index contributed by atoms with van der Waals surface area (Å²) in [5.74, 6) is -2.70. The standard InChI is InChI=1S/C18H26N2O6S/c1-18(2,3)11-8-27-15-10(14(22)20(15)13(11)17(25)26)7-9(21)5-4-6-12(19)16(23)24/h10,12,15H,4-8,19H2,1-3H3,(H,23,24)(H,25,26)/t10-,12-,15-/m1/s1. The van der Waals surface area contributed by atoms with Gasteiger partial charge in [0.15, 0.2) is 0 Å². The van der Waals surface area contributed by atoms with Gasteiger partial charge in [0, 0.05) is 18.6 Å². The number of fused-ring (bicyclic) bond motifs is 1. The highest BCUT2D eigenvalue weighted by atomic mass is 32.2. The molecule has 0 saturated carbocycles. The summed E-state index contributed by atoms with van der Waals surface area (Å²) in [5, 5.41) is 18.0. The largest absolute Gasteiger partial charge is 0.480 e. The summed E-state index contributed by atoms with van der Waals surface area (Å²) in [6, 6.07) is -0.994. The van der Waals surface area contributed by atoms with Crippen molar-refractivity contribution in [2.24, 2.45) is 17.1 Å². The Bertz CT molecular complexity index is 696. The average molecular weight is 398 g/mol. The van der Waals surface area contributed by atoms with Crippen molar-refractivity contribution >= 4 is 35.4 Å². The second-order valence-electron chi connectivity index (χ2n) is 7.98. The van der Waals surface area contributed by atoms with Gasteiger partial charge in [0.1, 0.15) is 17.5 Å². The first-order valence-electron chi connectivity index (χ1n) is 8.86. The van der Waals surface area contributed by atoms with Gasteiger partial charge in [-0.25, -0.2) is 4.79 Å². The number of nitrogens with two attached hydrogens (primary N) is 1. The molecule has 0 bridgehead atoms. The number of rotatable bonds is 8. The van der Waals surface area contributed by atoms with Crippen LogP contribution in [0.15, 0.2) is 11.3 Å². The summed E-state index contributed by atoms with van der Waals surface area (Å²) in [7, 11) is 0. The summed E-state index contributed by atoms with van der Waals surface area (Å²) in [5.41, 5.74) is 5.81. The number of β-lactam (4-membered cyclic amide) rings is 1. The molecular formula is C18H26N2O6S. The van der Waals surface area contributed by atoms with Gasteiger partial charge in [-0.2, -0.15) is 0 Å². The Labute approximate surface area is 162 Å². The highest BCUT2D eigenvalue weighted by Gasteiger charge is 2.54. The number of carboxylic acid groups (broad SMARTS) is 2. The zero-order chi connectivity index (χ0) is 20.5. The predicted octanol–water partition coefficient (Wildman–Crippen LogP) is 1.44. The zero-order valence-corrected chi connectivity index (χ0v) is 16.5. The summed E-state index contributed by atoms with van der Waals surface area (Å²) in [6.45, 7) is 5.75. The van der Waals surface area contributed by atoms with Gasteiger partial charge in [0.25, 0.3) is 0 Å². The van der Waals surface area contributed by atoms with E-state index in [4.69, 9.17) is 10.8 Å². The summed E-state index contributed by atoms with van der Waals surface area (Å²) in [4.78, 5) is 48.5. The van der Waals surface area contributed by atoms with Crippen LogP contribution in [0.4, 0.5) is 0 Å². The Morgan fingerprint density at radius 3 is 2.44 bits per heavy atom. The average Bonchev–Trinajstić information content (AvgIpc) is 2.56. The fourth-order valence-corrected chi connectivity index (χ4v) is 5.03. The number of nitrogens with zero attached hydrogens (tertiary/aromatic N) is 1. The van der Waals surface area contributed by atoms with Crippen molar-refractivity contribution in [1.82, 2.24) is 4.90 Å². The number of carboxylic acids is 2. The molecule has 2 heterocycles. The number of amides is 1. The van der Waals surface area contributed by atoms with Gasteiger partial charge in [0.2, 0.25) is 5.91 Å². The minimum Gasteiger partial charge on any atom is -0.480 e. The van der Waals surface area contributed by atoms with Gasteiger partial charge in [-0.15, -0.1) is 11.8 Å². The number of ketones is 1. The minimum absolute atomic E-state index is 0.0485. The molecule has 0 radical (unpaired) electrons. The molecular weight excluding hydrogens is 372 g/mol. The first-order valence-corrected chi connectivity index (χ1v) is 9.91. The third kappa shape index (κ3) is 4.52. The molecule has 0 unspecified atom stereocenters. The van der Waals surface area contributed by atoms with Crippen molar-refractivity contribution < 1.29 is 29.4 Å². The fraction of sp³-hybridized carbons (Fsp3) is 0.667. The van der Waals surface area contributed by atoms with E-state index in [-0.39, 0.29) is 47.4 Å². The third-order valence-corrected chi connectivity index (χ3v) is 6.26. The van der Waals surface area contributed by atoms with Crippen molar-refractivity contribution in [3.05, 3.63) is 11.3 Å². The van der Waals surface area contributed by atoms with Crippen LogP contribution in [0.5, 0.6) is 0 Å². The van der Waals surface area contributed by atoms with Crippen molar-refractivity contribution in [2.45, 2.75) is 57.9 Å². The third-order valence-electron chi connectivity index (χ3n) is 4.92. The van der Waals surface area contributed by atoms with E-state index in [1.165, 1.54) is 16.7 Å². The van der Waals surface area contributed by atoms with Crippen LogP contribution in [0.2, 0.25) is 0 Å². The SMILES string of the molecule is CC(C)(C)C1=C(C(=O)O)N2C(=O)[C@@H](CC(=O)CCC[C@@H](N)C(=O)O)[C@H]2SC1. The topological polar surface area (TPSA) is 138 Å². The van der Waals surface area contributed by atoms with E-state index >= 15 is 0 Å². The van der Waals surface area contributed by atoms with Crippen LogP contribution >= 0.6 is 11.8 Å². The van der Waals surface area contributed by atoms with Gasteiger partial charge in [-0.05, 0) is 23.8 Å². The van der Waals surface area contributed by atoms with Crippen LogP contribution in [0.25, 0.3) is 0 Å². The maximum atomic E-state index is 12.6. The Morgan fingerprint density at radius 1 is 1.30 bits per heavy atom. The van der Waals surface area contributed by atoms with E-state index < -0.39 is 23.9 Å². The lowest BCUT2D eigenvalue weighted by Crippen LogP contribution is -2.62. The van der Waals surface area contributed by atoms with Crippen LogP contribution in [0.3, 0.4) is 0 Å². The first kappa shape index (κ1) is 21.4. The number of aliphatic carboxylic acids is 2. The van der Waals surface area contributed by atoms with E-state index in [1.807, 2.05) is 20.8 Å². The first-order chi connectivity index (χ1) is 12.4. The normalized spacial score (nSPS) is 23.6. The predicted molar refractivity (Wildman–Crippen MR) is 99.8 cm³/mol. The highest BCUT2D eigenvalue weighted by molar-refractivity contribution is 8.00.